The van der Waals surface area contributed by atoms with Gasteiger partial charge < -0.3 is 10.6 Å². The van der Waals surface area contributed by atoms with Crippen molar-refractivity contribution in [1.82, 2.24) is 9.97 Å². The molecule has 2 aromatic heterocycles. The summed E-state index contributed by atoms with van der Waals surface area (Å²) in [6.07, 6.45) is 3.18. The molecule has 0 aliphatic rings. The monoisotopic (exact) mass is 455 g/mol. The van der Waals surface area contributed by atoms with E-state index in [2.05, 4.69) is 26.7 Å². The Morgan fingerprint density at radius 2 is 1.79 bits per heavy atom. The van der Waals surface area contributed by atoms with Gasteiger partial charge in [-0.1, -0.05) is 18.2 Å². The summed E-state index contributed by atoms with van der Waals surface area (Å²) in [4.78, 5) is 35.2. The first kappa shape index (κ1) is 22.1. The molecule has 164 valence electrons. The van der Waals surface area contributed by atoms with Crippen LogP contribution in [-0.4, -0.2) is 21.8 Å². The van der Waals surface area contributed by atoms with Gasteiger partial charge in [0.1, 0.15) is 10.3 Å². The molecule has 0 bridgehead atoms. The van der Waals surface area contributed by atoms with Crippen LogP contribution in [0.1, 0.15) is 45.0 Å². The number of nitriles is 1. The van der Waals surface area contributed by atoms with Gasteiger partial charge in [-0.05, 0) is 62.2 Å². The highest BCUT2D eigenvalue weighted by Crippen LogP contribution is 2.26. The predicted octanol–water partition coefficient (Wildman–Crippen LogP) is 5.31. The fourth-order valence-electron chi connectivity index (χ4n) is 3.22. The van der Waals surface area contributed by atoms with E-state index in [9.17, 15) is 14.9 Å². The fraction of sp³-hybridized carbons (Fsp3) is 0.160. The number of carbonyl (C=O) groups is 2. The molecule has 33 heavy (non-hydrogen) atoms. The van der Waals surface area contributed by atoms with Crippen LogP contribution in [-0.2, 0) is 5.41 Å². The van der Waals surface area contributed by atoms with Gasteiger partial charge in [0.25, 0.3) is 11.8 Å². The molecule has 0 unspecified atom stereocenters. The number of aryl methyl sites for hydroxylation is 1. The van der Waals surface area contributed by atoms with Gasteiger partial charge in [-0.2, -0.15) is 5.26 Å². The third-order valence-corrected chi connectivity index (χ3v) is 6.29. The van der Waals surface area contributed by atoms with Crippen molar-refractivity contribution < 1.29 is 9.59 Å². The summed E-state index contributed by atoms with van der Waals surface area (Å²) >= 11 is 1.27. The number of nitrogens with one attached hydrogen (secondary N) is 2. The molecule has 2 heterocycles. The lowest BCUT2D eigenvalue weighted by molar-refractivity contribution is 0.102. The third-order valence-electron chi connectivity index (χ3n) is 5.26. The van der Waals surface area contributed by atoms with Crippen LogP contribution in [0.25, 0.3) is 10.3 Å². The Balaban J connectivity index is 1.53. The van der Waals surface area contributed by atoms with Crippen molar-refractivity contribution in [3.8, 4) is 6.07 Å². The fourth-order valence-corrected chi connectivity index (χ4v) is 4.07. The SMILES string of the molecule is Cc1ccc(NC(=O)c2cccc(C(C)(C)C#N)c2)cc1NC(=O)c1cc2nccnc2s1. The second-order valence-corrected chi connectivity index (χ2v) is 9.14. The Kier molecular flexibility index (Phi) is 5.90. The van der Waals surface area contributed by atoms with E-state index in [1.165, 1.54) is 11.3 Å². The van der Waals surface area contributed by atoms with Gasteiger partial charge in [-0.15, -0.1) is 11.3 Å². The van der Waals surface area contributed by atoms with Crippen molar-refractivity contribution in [2.75, 3.05) is 10.6 Å². The van der Waals surface area contributed by atoms with Crippen LogP contribution >= 0.6 is 11.3 Å². The summed E-state index contributed by atoms with van der Waals surface area (Å²) < 4.78 is 0. The first-order valence-electron chi connectivity index (χ1n) is 10.2. The van der Waals surface area contributed by atoms with Crippen LogP contribution in [0.5, 0.6) is 0 Å². The van der Waals surface area contributed by atoms with Crippen molar-refractivity contribution in [2.24, 2.45) is 0 Å². The minimum Gasteiger partial charge on any atom is -0.322 e. The lowest BCUT2D eigenvalue weighted by Gasteiger charge is -2.16. The highest BCUT2D eigenvalue weighted by Gasteiger charge is 2.21. The van der Waals surface area contributed by atoms with Crippen LogP contribution in [0.4, 0.5) is 11.4 Å². The number of fused-ring (bicyclic) bond motifs is 1. The summed E-state index contributed by atoms with van der Waals surface area (Å²) in [7, 11) is 0. The van der Waals surface area contributed by atoms with Gasteiger partial charge in [-0.3, -0.25) is 14.6 Å². The predicted molar refractivity (Wildman–Crippen MR) is 130 cm³/mol. The first-order valence-corrected chi connectivity index (χ1v) is 11.0. The van der Waals surface area contributed by atoms with Gasteiger partial charge in [0.15, 0.2) is 0 Å². The second kappa shape index (κ2) is 8.81. The quantitative estimate of drug-likeness (QED) is 0.424. The Morgan fingerprint density at radius 3 is 2.55 bits per heavy atom. The molecule has 4 rings (SSSR count). The molecule has 0 saturated carbocycles. The molecule has 7 nitrogen and oxygen atoms in total. The zero-order chi connectivity index (χ0) is 23.6. The van der Waals surface area contributed by atoms with Crippen molar-refractivity contribution in [1.29, 1.82) is 5.26 Å². The van der Waals surface area contributed by atoms with E-state index in [1.54, 1.807) is 48.8 Å². The maximum Gasteiger partial charge on any atom is 0.265 e. The Labute approximate surface area is 195 Å². The van der Waals surface area contributed by atoms with Gasteiger partial charge in [0.2, 0.25) is 0 Å². The highest BCUT2D eigenvalue weighted by atomic mass is 32.1. The number of rotatable bonds is 5. The summed E-state index contributed by atoms with van der Waals surface area (Å²) in [6, 6.07) is 16.3. The lowest BCUT2D eigenvalue weighted by Crippen LogP contribution is -2.17. The molecule has 8 heteroatoms. The van der Waals surface area contributed by atoms with E-state index in [1.807, 2.05) is 32.9 Å². The van der Waals surface area contributed by atoms with Crippen LogP contribution in [0.15, 0.2) is 60.9 Å². The molecule has 4 aromatic rings. The van der Waals surface area contributed by atoms with E-state index in [4.69, 9.17) is 0 Å². The van der Waals surface area contributed by atoms with Gasteiger partial charge in [0.05, 0.1) is 16.4 Å². The van der Waals surface area contributed by atoms with Crippen LogP contribution in [0.3, 0.4) is 0 Å². The second-order valence-electron chi connectivity index (χ2n) is 8.11. The molecular weight excluding hydrogens is 434 g/mol. The highest BCUT2D eigenvalue weighted by molar-refractivity contribution is 7.20. The van der Waals surface area contributed by atoms with Crippen molar-refractivity contribution in [2.45, 2.75) is 26.2 Å². The maximum absolute atomic E-state index is 12.8. The topological polar surface area (TPSA) is 108 Å². The average Bonchev–Trinajstić information content (AvgIpc) is 3.26. The number of aromatic nitrogens is 2. The van der Waals surface area contributed by atoms with Gasteiger partial charge in [0, 0.05) is 29.3 Å². The minimum absolute atomic E-state index is 0.266. The molecule has 2 amide bonds. The summed E-state index contributed by atoms with van der Waals surface area (Å²) in [5, 5.41) is 15.1. The number of amides is 2. The van der Waals surface area contributed by atoms with E-state index in [-0.39, 0.29) is 11.8 Å². The van der Waals surface area contributed by atoms with Crippen LogP contribution in [0, 0.1) is 18.3 Å². The number of nitrogens with zero attached hydrogens (tertiary/aromatic N) is 3. The molecule has 0 spiro atoms. The number of carbonyl (C=O) groups excluding carboxylic acids is 2. The zero-order valence-corrected chi connectivity index (χ0v) is 19.2. The summed E-state index contributed by atoms with van der Waals surface area (Å²) in [6.45, 7) is 5.49. The normalized spacial score (nSPS) is 11.1. The molecule has 0 radical (unpaired) electrons. The largest absolute Gasteiger partial charge is 0.322 e. The summed E-state index contributed by atoms with van der Waals surface area (Å²) in [5.74, 6) is -0.564. The Hall–Kier alpha value is -4.09. The number of thiophene rings is 1. The van der Waals surface area contributed by atoms with Crippen molar-refractivity contribution in [3.63, 3.8) is 0 Å². The molecule has 0 aliphatic carbocycles. The molecule has 2 aromatic carbocycles. The number of benzene rings is 2. The maximum atomic E-state index is 12.8. The van der Waals surface area contributed by atoms with Crippen molar-refractivity contribution in [3.05, 3.63) is 82.5 Å². The van der Waals surface area contributed by atoms with Crippen LogP contribution < -0.4 is 10.6 Å². The molecule has 0 atom stereocenters. The molecular formula is C25H21N5O2S. The van der Waals surface area contributed by atoms with E-state index in [0.29, 0.717) is 32.2 Å². The summed E-state index contributed by atoms with van der Waals surface area (Å²) in [5.41, 5.74) is 3.19. The van der Waals surface area contributed by atoms with Crippen molar-refractivity contribution >= 4 is 44.9 Å². The standard InChI is InChI=1S/C25H21N5O2S/c1-15-7-8-18(29-22(31)16-5-4-6-17(11-16)25(2,3)14-26)12-19(15)30-23(32)21-13-20-24(33-21)28-10-9-27-20/h4-13H,1-3H3,(H,29,31)(H,30,32). The number of anilines is 2. The van der Waals surface area contributed by atoms with E-state index >= 15 is 0 Å². The number of hydrogen-bond donors (Lipinski definition) is 2. The average molecular weight is 456 g/mol. The zero-order valence-electron chi connectivity index (χ0n) is 18.3. The van der Waals surface area contributed by atoms with Gasteiger partial charge >= 0.3 is 0 Å². The van der Waals surface area contributed by atoms with Crippen LogP contribution in [0.2, 0.25) is 0 Å². The third kappa shape index (κ3) is 4.73. The number of hydrogen-bond acceptors (Lipinski definition) is 6. The molecule has 0 aliphatic heterocycles. The minimum atomic E-state index is -0.699. The van der Waals surface area contributed by atoms with E-state index < -0.39 is 5.41 Å². The van der Waals surface area contributed by atoms with Gasteiger partial charge in [-0.25, -0.2) is 4.98 Å². The molecule has 0 fully saturated rings. The Bertz CT molecular complexity index is 1380. The first-order chi connectivity index (χ1) is 15.8. The lowest BCUT2D eigenvalue weighted by atomic mass is 9.85. The molecule has 0 saturated heterocycles. The Morgan fingerprint density at radius 1 is 1.00 bits per heavy atom. The smallest absolute Gasteiger partial charge is 0.265 e. The van der Waals surface area contributed by atoms with E-state index in [0.717, 1.165) is 11.1 Å². The molecule has 2 N–H and O–H groups in total.